The van der Waals surface area contributed by atoms with Crippen molar-refractivity contribution in [1.82, 2.24) is 10.6 Å². The van der Waals surface area contributed by atoms with Crippen LogP contribution in [0.1, 0.15) is 26.2 Å². The Morgan fingerprint density at radius 1 is 1.24 bits per heavy atom. The fraction of sp³-hybridized carbons (Fsp3) is 0.929. The summed E-state index contributed by atoms with van der Waals surface area (Å²) in [6.45, 7) is 4.14. The van der Waals surface area contributed by atoms with Crippen LogP contribution in [0.5, 0.6) is 0 Å². The maximum absolute atomic E-state index is 12.2. The summed E-state index contributed by atoms with van der Waals surface area (Å²) in [7, 11) is 0. The van der Waals surface area contributed by atoms with E-state index < -0.39 is 0 Å². The molecule has 17 heavy (non-hydrogen) atoms. The van der Waals surface area contributed by atoms with Crippen molar-refractivity contribution in [2.24, 2.45) is 35.5 Å². The van der Waals surface area contributed by atoms with Crippen molar-refractivity contribution in [3.8, 4) is 0 Å². The van der Waals surface area contributed by atoms with Crippen LogP contribution < -0.4 is 10.6 Å². The Morgan fingerprint density at radius 2 is 1.88 bits per heavy atom. The SMILES string of the molecule is CC(C(=O)NC1C2C3CCC(C3)C12)C1CNC1. The Hall–Kier alpha value is -0.570. The largest absolute Gasteiger partial charge is 0.353 e. The standard InChI is InChI=1S/C14H22N2O/c1-7(10-5-15-6-10)14(17)16-13-11-8-2-3-9(4-8)12(11)13/h7-13,15H,2-6H2,1H3,(H,16,17). The van der Waals surface area contributed by atoms with Crippen LogP contribution in [-0.2, 0) is 4.79 Å². The first kappa shape index (κ1) is 10.4. The van der Waals surface area contributed by atoms with Crippen molar-refractivity contribution < 1.29 is 4.79 Å². The topological polar surface area (TPSA) is 41.1 Å². The van der Waals surface area contributed by atoms with Gasteiger partial charge in [0.25, 0.3) is 0 Å². The van der Waals surface area contributed by atoms with E-state index in [0.29, 0.717) is 17.9 Å². The van der Waals surface area contributed by atoms with Gasteiger partial charge in [-0.15, -0.1) is 0 Å². The minimum atomic E-state index is 0.204. The fourth-order valence-corrected chi connectivity index (χ4v) is 4.69. The third-order valence-electron chi connectivity index (χ3n) is 5.98. The molecule has 5 atom stereocenters. The maximum atomic E-state index is 12.2. The van der Waals surface area contributed by atoms with Crippen LogP contribution in [-0.4, -0.2) is 25.0 Å². The molecule has 0 radical (unpaired) electrons. The van der Waals surface area contributed by atoms with Gasteiger partial charge in [-0.25, -0.2) is 0 Å². The molecular formula is C14H22N2O. The predicted molar refractivity (Wildman–Crippen MR) is 65.3 cm³/mol. The predicted octanol–water partition coefficient (Wildman–Crippen LogP) is 1.00. The summed E-state index contributed by atoms with van der Waals surface area (Å²) < 4.78 is 0. The van der Waals surface area contributed by atoms with Crippen molar-refractivity contribution in [3.05, 3.63) is 0 Å². The Morgan fingerprint density at radius 3 is 2.41 bits per heavy atom. The molecule has 3 aliphatic carbocycles. The molecule has 3 heteroatoms. The zero-order valence-corrected chi connectivity index (χ0v) is 10.5. The number of rotatable bonds is 3. The number of fused-ring (bicyclic) bond motifs is 5. The summed E-state index contributed by atoms with van der Waals surface area (Å²) in [5, 5.41) is 6.59. The molecular weight excluding hydrogens is 212 g/mol. The van der Waals surface area contributed by atoms with Crippen molar-refractivity contribution >= 4 is 5.91 Å². The first-order chi connectivity index (χ1) is 8.25. The first-order valence-corrected chi connectivity index (χ1v) is 7.27. The van der Waals surface area contributed by atoms with Gasteiger partial charge in [0.15, 0.2) is 0 Å². The normalized spacial score (nSPS) is 48.4. The molecule has 3 saturated carbocycles. The quantitative estimate of drug-likeness (QED) is 0.765. The summed E-state index contributed by atoms with van der Waals surface area (Å²) in [4.78, 5) is 12.2. The monoisotopic (exact) mass is 234 g/mol. The zero-order valence-electron chi connectivity index (χ0n) is 10.5. The van der Waals surface area contributed by atoms with Gasteiger partial charge < -0.3 is 10.6 Å². The highest BCUT2D eigenvalue weighted by Gasteiger charge is 2.65. The molecule has 0 aromatic heterocycles. The van der Waals surface area contributed by atoms with Gasteiger partial charge in [-0.1, -0.05) is 6.92 Å². The second kappa shape index (κ2) is 3.47. The van der Waals surface area contributed by atoms with E-state index in [-0.39, 0.29) is 5.92 Å². The molecule has 94 valence electrons. The van der Waals surface area contributed by atoms with E-state index in [4.69, 9.17) is 0 Å². The Bertz CT molecular complexity index is 336. The highest BCUT2D eigenvalue weighted by Crippen LogP contribution is 2.65. The van der Waals surface area contributed by atoms with E-state index in [2.05, 4.69) is 17.6 Å². The van der Waals surface area contributed by atoms with Gasteiger partial charge in [-0.05, 0) is 61.9 Å². The average Bonchev–Trinajstić information content (AvgIpc) is 2.67. The van der Waals surface area contributed by atoms with Crippen LogP contribution in [0.3, 0.4) is 0 Å². The van der Waals surface area contributed by atoms with E-state index in [0.717, 1.165) is 36.8 Å². The molecule has 2 bridgehead atoms. The number of carbonyl (C=O) groups excluding carboxylic acids is 1. The fourth-order valence-electron chi connectivity index (χ4n) is 4.69. The number of hydrogen-bond acceptors (Lipinski definition) is 2. The number of carbonyl (C=O) groups is 1. The van der Waals surface area contributed by atoms with Crippen LogP contribution in [0.2, 0.25) is 0 Å². The van der Waals surface area contributed by atoms with Crippen molar-refractivity contribution in [2.75, 3.05) is 13.1 Å². The zero-order chi connectivity index (χ0) is 11.6. The lowest BCUT2D eigenvalue weighted by Gasteiger charge is -2.32. The van der Waals surface area contributed by atoms with Crippen LogP contribution >= 0.6 is 0 Å². The maximum Gasteiger partial charge on any atom is 0.223 e. The Labute approximate surface area is 103 Å². The molecule has 5 unspecified atom stereocenters. The molecule has 2 N–H and O–H groups in total. The molecule has 3 nitrogen and oxygen atoms in total. The Kier molecular flexibility index (Phi) is 2.11. The second-order valence-electron chi connectivity index (χ2n) is 6.73. The van der Waals surface area contributed by atoms with Gasteiger partial charge >= 0.3 is 0 Å². The van der Waals surface area contributed by atoms with Crippen molar-refractivity contribution in [1.29, 1.82) is 0 Å². The molecule has 4 fully saturated rings. The highest BCUT2D eigenvalue weighted by molar-refractivity contribution is 5.79. The minimum absolute atomic E-state index is 0.204. The van der Waals surface area contributed by atoms with Gasteiger partial charge in [-0.2, -0.15) is 0 Å². The van der Waals surface area contributed by atoms with Crippen LogP contribution in [0, 0.1) is 35.5 Å². The van der Waals surface area contributed by atoms with E-state index in [1.54, 1.807) is 0 Å². The average molecular weight is 234 g/mol. The summed E-state index contributed by atoms with van der Waals surface area (Å²) in [5.74, 6) is 4.73. The van der Waals surface area contributed by atoms with Gasteiger partial charge in [0.05, 0.1) is 0 Å². The van der Waals surface area contributed by atoms with Gasteiger partial charge in [-0.3, -0.25) is 4.79 Å². The molecule has 1 saturated heterocycles. The van der Waals surface area contributed by atoms with Crippen molar-refractivity contribution in [2.45, 2.75) is 32.2 Å². The molecule has 0 aromatic carbocycles. The smallest absolute Gasteiger partial charge is 0.223 e. The molecule has 0 aromatic rings. The van der Waals surface area contributed by atoms with Crippen LogP contribution in [0.15, 0.2) is 0 Å². The first-order valence-electron chi connectivity index (χ1n) is 7.27. The van der Waals surface area contributed by atoms with Crippen LogP contribution in [0.4, 0.5) is 0 Å². The second-order valence-corrected chi connectivity index (χ2v) is 6.73. The molecule has 0 spiro atoms. The van der Waals surface area contributed by atoms with Crippen LogP contribution in [0.25, 0.3) is 0 Å². The molecule has 1 aliphatic heterocycles. The van der Waals surface area contributed by atoms with Gasteiger partial charge in [0.1, 0.15) is 0 Å². The highest BCUT2D eigenvalue weighted by atomic mass is 16.2. The third kappa shape index (κ3) is 1.41. The van der Waals surface area contributed by atoms with E-state index >= 15 is 0 Å². The summed E-state index contributed by atoms with van der Waals surface area (Å²) in [6.07, 6.45) is 4.32. The Balaban J connectivity index is 1.35. The lowest BCUT2D eigenvalue weighted by molar-refractivity contribution is -0.127. The van der Waals surface area contributed by atoms with E-state index in [9.17, 15) is 4.79 Å². The molecule has 1 heterocycles. The number of nitrogens with one attached hydrogen (secondary N) is 2. The number of amides is 1. The van der Waals surface area contributed by atoms with Crippen molar-refractivity contribution in [3.63, 3.8) is 0 Å². The lowest BCUT2D eigenvalue weighted by Crippen LogP contribution is -2.50. The van der Waals surface area contributed by atoms with E-state index in [1.807, 2.05) is 0 Å². The molecule has 4 rings (SSSR count). The molecule has 1 amide bonds. The van der Waals surface area contributed by atoms with E-state index in [1.165, 1.54) is 19.3 Å². The third-order valence-corrected chi connectivity index (χ3v) is 5.98. The van der Waals surface area contributed by atoms with Gasteiger partial charge in [0.2, 0.25) is 5.91 Å². The minimum Gasteiger partial charge on any atom is -0.353 e. The number of hydrogen-bond donors (Lipinski definition) is 2. The summed E-state index contributed by atoms with van der Waals surface area (Å²) in [6, 6.07) is 0.559. The summed E-state index contributed by atoms with van der Waals surface area (Å²) >= 11 is 0. The lowest BCUT2D eigenvalue weighted by atomic mass is 9.88. The molecule has 4 aliphatic rings. The summed E-state index contributed by atoms with van der Waals surface area (Å²) in [5.41, 5.74) is 0. The van der Waals surface area contributed by atoms with Gasteiger partial charge in [0, 0.05) is 12.0 Å².